The molecular weight excluding hydrogens is 212 g/mol. The topological polar surface area (TPSA) is 47.1 Å². The van der Waals surface area contributed by atoms with Crippen LogP contribution in [0.4, 0.5) is 11.5 Å². The molecule has 1 aromatic heterocycles. The fourth-order valence-electron chi connectivity index (χ4n) is 2.69. The van der Waals surface area contributed by atoms with E-state index in [1.807, 2.05) is 23.9 Å². The Morgan fingerprint density at radius 1 is 1.18 bits per heavy atom. The summed E-state index contributed by atoms with van der Waals surface area (Å²) < 4.78 is 1.90. The van der Waals surface area contributed by atoms with E-state index in [0.717, 1.165) is 30.1 Å². The molecule has 90 valence electrons. The number of hydrogen-bond acceptors (Lipinski definition) is 3. The van der Waals surface area contributed by atoms with Crippen molar-refractivity contribution in [1.29, 1.82) is 0 Å². The zero-order valence-electron chi connectivity index (χ0n) is 10.2. The second-order valence-corrected chi connectivity index (χ2v) is 4.74. The molecule has 4 heteroatoms. The van der Waals surface area contributed by atoms with Crippen molar-refractivity contribution in [2.45, 2.75) is 19.3 Å². The van der Waals surface area contributed by atoms with Crippen LogP contribution in [0.15, 0.2) is 18.2 Å². The molecule has 0 aliphatic carbocycles. The summed E-state index contributed by atoms with van der Waals surface area (Å²) in [6.45, 7) is 2.22. The first-order valence-electron chi connectivity index (χ1n) is 6.23. The van der Waals surface area contributed by atoms with Crippen LogP contribution in [0.2, 0.25) is 0 Å². The van der Waals surface area contributed by atoms with Gasteiger partial charge in [0.05, 0.1) is 11.2 Å². The maximum Gasteiger partial charge on any atom is 0.158 e. The minimum atomic E-state index is 0.806. The van der Waals surface area contributed by atoms with Gasteiger partial charge in [0.25, 0.3) is 0 Å². The molecule has 2 heterocycles. The van der Waals surface area contributed by atoms with E-state index in [-0.39, 0.29) is 0 Å². The molecule has 17 heavy (non-hydrogen) atoms. The lowest BCUT2D eigenvalue weighted by Gasteiger charge is -2.26. The number of aromatic nitrogens is 2. The fourth-order valence-corrected chi connectivity index (χ4v) is 2.69. The van der Waals surface area contributed by atoms with Crippen molar-refractivity contribution >= 4 is 22.4 Å². The molecule has 2 aromatic rings. The molecule has 4 nitrogen and oxygen atoms in total. The third kappa shape index (κ3) is 1.64. The van der Waals surface area contributed by atoms with Gasteiger partial charge < -0.3 is 10.6 Å². The molecule has 1 aromatic carbocycles. The molecule has 0 atom stereocenters. The standard InChI is InChI=1S/C13H18N4/c1-16-12-10(6-5-7-11(12)14)13(15-16)17-8-3-2-4-9-17/h5-7H,2-4,8-9,14H2,1H3. The van der Waals surface area contributed by atoms with E-state index < -0.39 is 0 Å². The van der Waals surface area contributed by atoms with Gasteiger partial charge in [0, 0.05) is 25.5 Å². The third-order valence-electron chi connectivity index (χ3n) is 3.53. The molecular formula is C13H18N4. The smallest absolute Gasteiger partial charge is 0.158 e. The summed E-state index contributed by atoms with van der Waals surface area (Å²) in [6.07, 6.45) is 3.87. The third-order valence-corrected chi connectivity index (χ3v) is 3.53. The van der Waals surface area contributed by atoms with Crippen LogP contribution in [0.5, 0.6) is 0 Å². The van der Waals surface area contributed by atoms with Crippen molar-refractivity contribution < 1.29 is 0 Å². The van der Waals surface area contributed by atoms with Gasteiger partial charge in [-0.1, -0.05) is 6.07 Å². The minimum Gasteiger partial charge on any atom is -0.397 e. The Morgan fingerprint density at radius 3 is 2.71 bits per heavy atom. The van der Waals surface area contributed by atoms with Crippen molar-refractivity contribution in [1.82, 2.24) is 9.78 Å². The average Bonchev–Trinajstić information content (AvgIpc) is 2.69. The molecule has 3 rings (SSSR count). The highest BCUT2D eigenvalue weighted by atomic mass is 15.3. The SMILES string of the molecule is Cn1nc(N2CCCCC2)c2cccc(N)c21. The predicted octanol–water partition coefficient (Wildman–Crippen LogP) is 2.15. The summed E-state index contributed by atoms with van der Waals surface area (Å²) in [5, 5.41) is 5.81. The number of rotatable bonds is 1. The zero-order valence-corrected chi connectivity index (χ0v) is 10.2. The van der Waals surface area contributed by atoms with Crippen LogP contribution in [0.25, 0.3) is 10.9 Å². The van der Waals surface area contributed by atoms with E-state index >= 15 is 0 Å². The van der Waals surface area contributed by atoms with E-state index in [4.69, 9.17) is 5.73 Å². The predicted molar refractivity (Wildman–Crippen MR) is 71.2 cm³/mol. The Balaban J connectivity index is 2.13. The van der Waals surface area contributed by atoms with Crippen molar-refractivity contribution in [3.05, 3.63) is 18.2 Å². The maximum absolute atomic E-state index is 6.02. The van der Waals surface area contributed by atoms with Gasteiger partial charge in [-0.2, -0.15) is 5.10 Å². The number of aryl methyl sites for hydroxylation is 1. The number of piperidine rings is 1. The second kappa shape index (κ2) is 3.95. The molecule has 1 aliphatic rings. The van der Waals surface area contributed by atoms with Crippen LogP contribution < -0.4 is 10.6 Å². The Labute approximate surface area is 101 Å². The van der Waals surface area contributed by atoms with Gasteiger partial charge in [-0.3, -0.25) is 4.68 Å². The lowest BCUT2D eigenvalue weighted by atomic mass is 10.1. The molecule has 2 N–H and O–H groups in total. The van der Waals surface area contributed by atoms with Crippen LogP contribution >= 0.6 is 0 Å². The molecule has 0 spiro atoms. The zero-order chi connectivity index (χ0) is 11.8. The highest BCUT2D eigenvalue weighted by Gasteiger charge is 2.18. The van der Waals surface area contributed by atoms with Gasteiger partial charge >= 0.3 is 0 Å². The lowest BCUT2D eigenvalue weighted by molar-refractivity contribution is 0.571. The summed E-state index contributed by atoms with van der Waals surface area (Å²) in [4.78, 5) is 2.38. The van der Waals surface area contributed by atoms with Crippen molar-refractivity contribution in [3.63, 3.8) is 0 Å². The van der Waals surface area contributed by atoms with E-state index in [0.29, 0.717) is 0 Å². The largest absolute Gasteiger partial charge is 0.397 e. The van der Waals surface area contributed by atoms with Crippen molar-refractivity contribution in [2.75, 3.05) is 23.7 Å². The van der Waals surface area contributed by atoms with Crippen LogP contribution in [0.3, 0.4) is 0 Å². The summed E-state index contributed by atoms with van der Waals surface area (Å²) in [6, 6.07) is 6.05. The van der Waals surface area contributed by atoms with Gasteiger partial charge in [0.15, 0.2) is 5.82 Å². The summed E-state index contributed by atoms with van der Waals surface area (Å²) in [7, 11) is 1.96. The van der Waals surface area contributed by atoms with Gasteiger partial charge in [0.1, 0.15) is 0 Å². The van der Waals surface area contributed by atoms with Gasteiger partial charge in [-0.25, -0.2) is 0 Å². The first-order valence-corrected chi connectivity index (χ1v) is 6.23. The molecule has 0 unspecified atom stereocenters. The van der Waals surface area contributed by atoms with Crippen molar-refractivity contribution in [2.24, 2.45) is 7.05 Å². The van der Waals surface area contributed by atoms with Crippen LogP contribution in [-0.4, -0.2) is 22.9 Å². The van der Waals surface area contributed by atoms with E-state index in [1.165, 1.54) is 24.6 Å². The molecule has 1 fully saturated rings. The molecule has 0 bridgehead atoms. The average molecular weight is 230 g/mol. The molecule has 0 radical (unpaired) electrons. The monoisotopic (exact) mass is 230 g/mol. The molecule has 1 saturated heterocycles. The van der Waals surface area contributed by atoms with Gasteiger partial charge in [-0.15, -0.1) is 0 Å². The molecule has 1 aliphatic heterocycles. The number of nitrogens with two attached hydrogens (primary N) is 1. The first-order chi connectivity index (χ1) is 8.27. The Hall–Kier alpha value is -1.71. The number of hydrogen-bond donors (Lipinski definition) is 1. The van der Waals surface area contributed by atoms with Gasteiger partial charge in [0.2, 0.25) is 0 Å². The first kappa shape index (κ1) is 10.4. The molecule has 0 amide bonds. The number of benzene rings is 1. The van der Waals surface area contributed by atoms with Gasteiger partial charge in [-0.05, 0) is 31.4 Å². The van der Waals surface area contributed by atoms with Crippen LogP contribution in [0.1, 0.15) is 19.3 Å². The quantitative estimate of drug-likeness (QED) is 0.763. The van der Waals surface area contributed by atoms with E-state index in [2.05, 4.69) is 16.1 Å². The number of para-hydroxylation sites is 1. The maximum atomic E-state index is 6.02. The van der Waals surface area contributed by atoms with Crippen LogP contribution in [-0.2, 0) is 7.05 Å². The number of nitrogens with zero attached hydrogens (tertiary/aromatic N) is 3. The summed E-state index contributed by atoms with van der Waals surface area (Å²) in [5.41, 5.74) is 7.88. The summed E-state index contributed by atoms with van der Waals surface area (Å²) >= 11 is 0. The summed E-state index contributed by atoms with van der Waals surface area (Å²) in [5.74, 6) is 1.09. The Morgan fingerprint density at radius 2 is 1.94 bits per heavy atom. The minimum absolute atomic E-state index is 0.806. The number of fused-ring (bicyclic) bond motifs is 1. The number of anilines is 2. The Bertz CT molecular complexity index is 538. The van der Waals surface area contributed by atoms with Crippen molar-refractivity contribution in [3.8, 4) is 0 Å². The number of nitrogen functional groups attached to an aromatic ring is 1. The Kier molecular flexibility index (Phi) is 2.42. The lowest BCUT2D eigenvalue weighted by Crippen LogP contribution is -2.29. The fraction of sp³-hybridized carbons (Fsp3) is 0.462. The highest BCUT2D eigenvalue weighted by molar-refractivity contribution is 5.97. The highest BCUT2D eigenvalue weighted by Crippen LogP contribution is 2.30. The van der Waals surface area contributed by atoms with Crippen LogP contribution in [0, 0.1) is 0 Å². The second-order valence-electron chi connectivity index (χ2n) is 4.74. The van der Waals surface area contributed by atoms with E-state index in [9.17, 15) is 0 Å². The normalized spacial score (nSPS) is 16.6. The van der Waals surface area contributed by atoms with E-state index in [1.54, 1.807) is 0 Å². The molecule has 0 saturated carbocycles.